The second-order valence-corrected chi connectivity index (χ2v) is 6.99. The number of aromatic nitrogens is 3. The Balaban J connectivity index is 1.93. The summed E-state index contributed by atoms with van der Waals surface area (Å²) in [6.45, 7) is -0.306. The fraction of sp³-hybridized carbons (Fsp3) is 0.357. The number of nitrogens with one attached hydrogen (secondary N) is 3. The van der Waals surface area contributed by atoms with Crippen LogP contribution in [-0.2, 0) is 21.0 Å². The van der Waals surface area contributed by atoms with E-state index in [1.54, 1.807) is 5.10 Å². The summed E-state index contributed by atoms with van der Waals surface area (Å²) in [5.74, 6) is -2.17. The Morgan fingerprint density at radius 2 is 1.89 bits per heavy atom. The third kappa shape index (κ3) is 5.32. The van der Waals surface area contributed by atoms with E-state index < -0.39 is 33.9 Å². The van der Waals surface area contributed by atoms with Crippen molar-refractivity contribution in [2.45, 2.75) is 17.5 Å². The number of carbonyl (C=O) groups is 1. The Hall–Kier alpha value is -2.87. The maximum atomic E-state index is 12.4. The quantitative estimate of drug-likeness (QED) is 0.580. The number of alkyl halides is 3. The van der Waals surface area contributed by atoms with E-state index in [2.05, 4.69) is 14.8 Å². The number of halogens is 3. The van der Waals surface area contributed by atoms with Gasteiger partial charge in [0.05, 0.1) is 19.1 Å². The van der Waals surface area contributed by atoms with Crippen LogP contribution in [0.3, 0.4) is 0 Å². The van der Waals surface area contributed by atoms with Crippen molar-refractivity contribution in [3.05, 3.63) is 24.0 Å². The van der Waals surface area contributed by atoms with Crippen molar-refractivity contribution in [3.8, 4) is 11.5 Å². The molecule has 1 aromatic carbocycles. The normalized spacial score (nSPS) is 11.9. The maximum absolute atomic E-state index is 12.4. The van der Waals surface area contributed by atoms with E-state index in [0.29, 0.717) is 5.75 Å². The molecule has 0 aliphatic rings. The number of nitrogens with zero attached hydrogens (tertiary/aromatic N) is 2. The van der Waals surface area contributed by atoms with Crippen LogP contribution in [0.4, 0.5) is 19.1 Å². The number of anilines is 1. The second kappa shape index (κ2) is 8.43. The molecule has 2 rings (SSSR count). The van der Waals surface area contributed by atoms with Gasteiger partial charge in [0.25, 0.3) is 0 Å². The van der Waals surface area contributed by atoms with Gasteiger partial charge in [0, 0.05) is 19.0 Å². The second-order valence-electron chi connectivity index (χ2n) is 5.22. The lowest BCUT2D eigenvalue weighted by molar-refractivity contribution is -0.144. The number of rotatable bonds is 8. The van der Waals surface area contributed by atoms with Crippen LogP contribution in [0, 0.1) is 0 Å². The predicted molar refractivity (Wildman–Crippen MR) is 89.4 cm³/mol. The lowest BCUT2D eigenvalue weighted by Crippen LogP contribution is -2.28. The molecule has 1 amide bonds. The van der Waals surface area contributed by atoms with Crippen molar-refractivity contribution >= 4 is 21.9 Å². The fourth-order valence-corrected chi connectivity index (χ4v) is 3.04. The minimum atomic E-state index is -4.73. The molecular formula is C14H16F3N5O5S. The zero-order valence-corrected chi connectivity index (χ0v) is 15.4. The summed E-state index contributed by atoms with van der Waals surface area (Å²) in [5.41, 5.74) is 0. The lowest BCUT2D eigenvalue weighted by Gasteiger charge is -2.11. The van der Waals surface area contributed by atoms with Gasteiger partial charge in [-0.25, -0.2) is 13.1 Å². The number of hydrogen-bond acceptors (Lipinski definition) is 7. The summed E-state index contributed by atoms with van der Waals surface area (Å²) in [7, 11) is -1.21. The number of amides is 1. The van der Waals surface area contributed by atoms with Crippen LogP contribution in [0.5, 0.6) is 11.5 Å². The van der Waals surface area contributed by atoms with Gasteiger partial charge in [-0.1, -0.05) is 0 Å². The van der Waals surface area contributed by atoms with E-state index in [9.17, 15) is 26.4 Å². The zero-order chi connectivity index (χ0) is 20.9. The zero-order valence-electron chi connectivity index (χ0n) is 14.6. The van der Waals surface area contributed by atoms with Crippen LogP contribution in [0.15, 0.2) is 23.1 Å². The molecule has 0 bridgehead atoms. The van der Waals surface area contributed by atoms with Crippen LogP contribution in [0.2, 0.25) is 0 Å². The van der Waals surface area contributed by atoms with E-state index in [1.165, 1.54) is 32.4 Å². The Labute approximate surface area is 157 Å². The highest BCUT2D eigenvalue weighted by atomic mass is 32.2. The molecule has 0 saturated heterocycles. The van der Waals surface area contributed by atoms with Crippen LogP contribution in [0.25, 0.3) is 0 Å². The highest BCUT2D eigenvalue weighted by Crippen LogP contribution is 2.29. The SMILES string of the molecule is COc1ccc(S(=O)(=O)NCCC(=O)Nc2n[nH]c(C(F)(F)F)n2)cc1OC. The summed E-state index contributed by atoms with van der Waals surface area (Å²) >= 11 is 0. The molecule has 1 aromatic heterocycles. The highest BCUT2D eigenvalue weighted by molar-refractivity contribution is 7.89. The Kier molecular flexibility index (Phi) is 6.45. The first-order valence-corrected chi connectivity index (χ1v) is 9.06. The third-order valence-electron chi connectivity index (χ3n) is 3.31. The molecule has 0 radical (unpaired) electrons. The molecule has 0 saturated carbocycles. The summed E-state index contributed by atoms with van der Waals surface area (Å²) in [6, 6.07) is 3.94. The number of aromatic amines is 1. The van der Waals surface area contributed by atoms with E-state index in [-0.39, 0.29) is 23.6 Å². The molecule has 154 valence electrons. The molecule has 3 N–H and O–H groups in total. The minimum absolute atomic E-state index is 0.116. The molecule has 28 heavy (non-hydrogen) atoms. The summed E-state index contributed by atoms with van der Waals surface area (Å²) < 4.78 is 73.9. The average molecular weight is 423 g/mol. The highest BCUT2D eigenvalue weighted by Gasteiger charge is 2.35. The molecule has 10 nitrogen and oxygen atoms in total. The maximum Gasteiger partial charge on any atom is 0.451 e. The van der Waals surface area contributed by atoms with Gasteiger partial charge < -0.3 is 9.47 Å². The third-order valence-corrected chi connectivity index (χ3v) is 4.77. The van der Waals surface area contributed by atoms with Gasteiger partial charge in [-0.05, 0) is 12.1 Å². The summed E-state index contributed by atoms with van der Waals surface area (Å²) in [5, 5.41) is 6.88. The van der Waals surface area contributed by atoms with Gasteiger partial charge in [0.1, 0.15) is 0 Å². The molecule has 0 aliphatic heterocycles. The number of hydrogen-bond donors (Lipinski definition) is 3. The monoisotopic (exact) mass is 423 g/mol. The predicted octanol–water partition coefficient (Wildman–Crippen LogP) is 1.15. The average Bonchev–Trinajstić information content (AvgIpc) is 3.09. The summed E-state index contributed by atoms with van der Waals surface area (Å²) in [6.07, 6.45) is -5.09. The summed E-state index contributed by atoms with van der Waals surface area (Å²) in [4.78, 5) is 14.7. The fourth-order valence-electron chi connectivity index (χ4n) is 2.00. The number of H-pyrrole nitrogens is 1. The largest absolute Gasteiger partial charge is 0.493 e. The van der Waals surface area contributed by atoms with Gasteiger partial charge in [-0.15, -0.1) is 5.10 Å². The van der Waals surface area contributed by atoms with Gasteiger partial charge in [0.2, 0.25) is 27.7 Å². The molecule has 14 heteroatoms. The van der Waals surface area contributed by atoms with Crippen LogP contribution in [0.1, 0.15) is 12.2 Å². The minimum Gasteiger partial charge on any atom is -0.493 e. The number of sulfonamides is 1. The van der Waals surface area contributed by atoms with Gasteiger partial charge in [0.15, 0.2) is 11.5 Å². The van der Waals surface area contributed by atoms with Crippen molar-refractivity contribution in [1.82, 2.24) is 19.9 Å². The van der Waals surface area contributed by atoms with Gasteiger partial charge in [-0.2, -0.15) is 18.2 Å². The molecular weight excluding hydrogens is 407 g/mol. The van der Waals surface area contributed by atoms with Crippen LogP contribution >= 0.6 is 0 Å². The number of ether oxygens (including phenoxy) is 2. The van der Waals surface area contributed by atoms with E-state index in [0.717, 1.165) is 0 Å². The molecule has 0 atom stereocenters. The van der Waals surface area contributed by atoms with Crippen molar-refractivity contribution in [3.63, 3.8) is 0 Å². The van der Waals surface area contributed by atoms with Crippen molar-refractivity contribution < 1.29 is 35.9 Å². The molecule has 0 spiro atoms. The van der Waals surface area contributed by atoms with E-state index >= 15 is 0 Å². The standard InChI is InChI=1S/C14H16F3N5O5S/c1-26-9-4-3-8(7-10(9)27-2)28(24,25)18-6-5-11(23)19-13-20-12(21-22-13)14(15,16)17/h3-4,7,18H,5-6H2,1-2H3,(H2,19,20,21,22,23). The lowest BCUT2D eigenvalue weighted by atomic mass is 10.3. The number of benzene rings is 1. The van der Waals surface area contributed by atoms with Gasteiger partial charge >= 0.3 is 6.18 Å². The van der Waals surface area contributed by atoms with Crippen LogP contribution in [-0.4, -0.2) is 50.3 Å². The molecule has 0 unspecified atom stereocenters. The first kappa shape index (κ1) is 21.4. The van der Waals surface area contributed by atoms with Crippen molar-refractivity contribution in [1.29, 1.82) is 0 Å². The van der Waals surface area contributed by atoms with Crippen molar-refractivity contribution in [2.75, 3.05) is 26.1 Å². The molecule has 0 fully saturated rings. The Morgan fingerprint density at radius 3 is 2.46 bits per heavy atom. The number of carbonyl (C=O) groups excluding carboxylic acids is 1. The smallest absolute Gasteiger partial charge is 0.451 e. The first-order valence-electron chi connectivity index (χ1n) is 7.58. The number of methoxy groups -OCH3 is 2. The molecule has 1 heterocycles. The molecule has 2 aromatic rings. The van der Waals surface area contributed by atoms with E-state index in [4.69, 9.17) is 9.47 Å². The molecule has 0 aliphatic carbocycles. The van der Waals surface area contributed by atoms with Crippen molar-refractivity contribution in [2.24, 2.45) is 0 Å². The topological polar surface area (TPSA) is 135 Å². The Morgan fingerprint density at radius 1 is 1.21 bits per heavy atom. The first-order chi connectivity index (χ1) is 13.1. The van der Waals surface area contributed by atoms with Gasteiger partial charge in [-0.3, -0.25) is 15.2 Å². The van der Waals surface area contributed by atoms with E-state index in [1.807, 2.05) is 5.32 Å². The Bertz CT molecular complexity index is 945. The van der Waals surface area contributed by atoms with Crippen LogP contribution < -0.4 is 19.5 Å².